The van der Waals surface area contributed by atoms with Crippen LogP contribution in [-0.4, -0.2) is 28.4 Å². The Morgan fingerprint density at radius 3 is 2.12 bits per heavy atom. The van der Waals surface area contributed by atoms with E-state index in [1.165, 1.54) is 13.5 Å². The highest BCUT2D eigenvalue weighted by molar-refractivity contribution is 5.99. The topological polar surface area (TPSA) is 93.1 Å². The summed E-state index contributed by atoms with van der Waals surface area (Å²) in [6, 6.07) is 11.3. The average molecular weight is 459 g/mol. The van der Waals surface area contributed by atoms with Gasteiger partial charge in [0.2, 0.25) is 5.43 Å². The van der Waals surface area contributed by atoms with E-state index >= 15 is 0 Å². The molecule has 2 heterocycles. The average Bonchev–Trinajstić information content (AvgIpc) is 2.88. The molecule has 1 aliphatic rings. The summed E-state index contributed by atoms with van der Waals surface area (Å²) in [5.74, 6) is -1.00. The molecule has 176 valence electrons. The predicted molar refractivity (Wildman–Crippen MR) is 131 cm³/mol. The molecule has 2 aromatic heterocycles. The van der Waals surface area contributed by atoms with Gasteiger partial charge in [-0.3, -0.25) is 19.4 Å². The molecule has 1 aliphatic carbocycles. The number of aromatic nitrogens is 2. The standard InChI is InChI=1S/C27H30N4O3/c1-18-8-10-19(11-9-18)24(20-12-14-29-15-13-20)30-27(34)23-17-31(21-6-4-3-5-7-21)16-22(25(23)32)26(33)28-2/h8-17,21,24H,3-7H2,1-2H3,(H,28,33)(H,30,34)/t24-/m0/s1. The fourth-order valence-corrected chi connectivity index (χ4v) is 4.53. The molecule has 4 rings (SSSR count). The van der Waals surface area contributed by atoms with Crippen molar-refractivity contribution in [2.75, 3.05) is 7.05 Å². The largest absolute Gasteiger partial charge is 0.355 e. The lowest BCUT2D eigenvalue weighted by molar-refractivity contribution is 0.0940. The monoisotopic (exact) mass is 458 g/mol. The van der Waals surface area contributed by atoms with Gasteiger partial charge in [-0.2, -0.15) is 0 Å². The van der Waals surface area contributed by atoms with Crippen LogP contribution in [0.5, 0.6) is 0 Å². The van der Waals surface area contributed by atoms with Crippen molar-refractivity contribution in [3.63, 3.8) is 0 Å². The third kappa shape index (κ3) is 5.09. The van der Waals surface area contributed by atoms with Gasteiger partial charge in [0.15, 0.2) is 0 Å². The Hall–Kier alpha value is -3.74. The van der Waals surface area contributed by atoms with Crippen molar-refractivity contribution in [3.05, 3.63) is 99.2 Å². The van der Waals surface area contributed by atoms with Crippen LogP contribution in [-0.2, 0) is 0 Å². The molecule has 2 N–H and O–H groups in total. The summed E-state index contributed by atoms with van der Waals surface area (Å²) in [6.07, 6.45) is 11.8. The first-order valence-electron chi connectivity index (χ1n) is 11.7. The van der Waals surface area contributed by atoms with Crippen LogP contribution in [0.15, 0.2) is 66.0 Å². The van der Waals surface area contributed by atoms with Crippen LogP contribution in [0.25, 0.3) is 0 Å². The molecule has 0 spiro atoms. The van der Waals surface area contributed by atoms with Crippen molar-refractivity contribution >= 4 is 11.8 Å². The maximum absolute atomic E-state index is 13.5. The van der Waals surface area contributed by atoms with Gasteiger partial charge in [0.05, 0.1) is 6.04 Å². The van der Waals surface area contributed by atoms with Crippen LogP contribution in [0.3, 0.4) is 0 Å². The molecule has 1 aromatic carbocycles. The fourth-order valence-electron chi connectivity index (χ4n) is 4.53. The highest BCUT2D eigenvalue weighted by atomic mass is 16.2. The quantitative estimate of drug-likeness (QED) is 0.585. The molecule has 1 saturated carbocycles. The van der Waals surface area contributed by atoms with Gasteiger partial charge in [0.25, 0.3) is 11.8 Å². The van der Waals surface area contributed by atoms with Crippen LogP contribution in [0.1, 0.15) is 81.6 Å². The number of nitrogens with one attached hydrogen (secondary N) is 2. The Bertz CT molecular complexity index is 1210. The smallest absolute Gasteiger partial charge is 0.257 e. The minimum absolute atomic E-state index is 0.0171. The molecular weight excluding hydrogens is 428 g/mol. The van der Waals surface area contributed by atoms with Crippen molar-refractivity contribution in [1.29, 1.82) is 0 Å². The van der Waals surface area contributed by atoms with Crippen molar-refractivity contribution in [2.45, 2.75) is 51.1 Å². The lowest BCUT2D eigenvalue weighted by Crippen LogP contribution is -2.37. The molecule has 2 amide bonds. The molecule has 0 saturated heterocycles. The lowest BCUT2D eigenvalue weighted by atomic mass is 9.94. The summed E-state index contributed by atoms with van der Waals surface area (Å²) in [5.41, 5.74) is 2.23. The number of aryl methyl sites for hydroxylation is 1. The molecule has 0 unspecified atom stereocenters. The molecule has 7 heteroatoms. The minimum Gasteiger partial charge on any atom is -0.355 e. The van der Waals surface area contributed by atoms with Crippen molar-refractivity contribution in [3.8, 4) is 0 Å². The number of rotatable bonds is 6. The van der Waals surface area contributed by atoms with Gasteiger partial charge in [-0.1, -0.05) is 49.1 Å². The molecule has 0 radical (unpaired) electrons. The Labute approximate surface area is 199 Å². The number of amides is 2. The Kier molecular flexibility index (Phi) is 7.21. The van der Waals surface area contributed by atoms with E-state index < -0.39 is 23.3 Å². The van der Waals surface area contributed by atoms with Crippen molar-refractivity contribution in [2.24, 2.45) is 0 Å². The summed E-state index contributed by atoms with van der Waals surface area (Å²) >= 11 is 0. The number of nitrogens with zero attached hydrogens (tertiary/aromatic N) is 2. The van der Waals surface area contributed by atoms with E-state index in [0.717, 1.165) is 42.4 Å². The van der Waals surface area contributed by atoms with E-state index in [2.05, 4.69) is 15.6 Å². The minimum atomic E-state index is -0.568. The summed E-state index contributed by atoms with van der Waals surface area (Å²) in [6.45, 7) is 2.00. The van der Waals surface area contributed by atoms with Gasteiger partial charge >= 0.3 is 0 Å². The number of carbonyl (C=O) groups excluding carboxylic acids is 2. The summed E-state index contributed by atoms with van der Waals surface area (Å²) in [5, 5.41) is 5.55. The zero-order chi connectivity index (χ0) is 24.1. The SMILES string of the molecule is CNC(=O)c1cn(C2CCCCC2)cc(C(=O)N[C@H](c2ccncc2)c2ccc(C)cc2)c1=O. The first-order valence-corrected chi connectivity index (χ1v) is 11.7. The first-order chi connectivity index (χ1) is 16.5. The Morgan fingerprint density at radius 2 is 1.50 bits per heavy atom. The van der Waals surface area contributed by atoms with Crippen LogP contribution in [0, 0.1) is 6.92 Å². The molecule has 1 fully saturated rings. The van der Waals surface area contributed by atoms with Crippen LogP contribution >= 0.6 is 0 Å². The van der Waals surface area contributed by atoms with Gasteiger partial charge < -0.3 is 15.2 Å². The van der Waals surface area contributed by atoms with E-state index in [1.807, 2.05) is 47.9 Å². The second kappa shape index (κ2) is 10.5. The summed E-state index contributed by atoms with van der Waals surface area (Å²) in [7, 11) is 1.48. The molecule has 0 bridgehead atoms. The number of pyridine rings is 2. The zero-order valence-corrected chi connectivity index (χ0v) is 19.6. The molecular formula is C27H30N4O3. The van der Waals surface area contributed by atoms with Crippen LogP contribution in [0.4, 0.5) is 0 Å². The van der Waals surface area contributed by atoms with Gasteiger partial charge in [0.1, 0.15) is 11.1 Å². The molecule has 1 atom stereocenters. The van der Waals surface area contributed by atoms with Gasteiger partial charge in [-0.05, 0) is 43.0 Å². The van der Waals surface area contributed by atoms with E-state index in [0.29, 0.717) is 0 Å². The van der Waals surface area contributed by atoms with Gasteiger partial charge in [-0.25, -0.2) is 0 Å². The third-order valence-electron chi connectivity index (χ3n) is 6.48. The number of carbonyl (C=O) groups is 2. The third-order valence-corrected chi connectivity index (χ3v) is 6.48. The number of hydrogen-bond acceptors (Lipinski definition) is 4. The number of benzene rings is 1. The van der Waals surface area contributed by atoms with Crippen molar-refractivity contribution in [1.82, 2.24) is 20.2 Å². The second-order valence-electron chi connectivity index (χ2n) is 8.83. The Morgan fingerprint density at radius 1 is 0.912 bits per heavy atom. The first kappa shape index (κ1) is 23.4. The van der Waals surface area contributed by atoms with E-state index in [1.54, 1.807) is 24.8 Å². The van der Waals surface area contributed by atoms with Crippen LogP contribution < -0.4 is 16.1 Å². The maximum atomic E-state index is 13.5. The second-order valence-corrected chi connectivity index (χ2v) is 8.83. The highest BCUT2D eigenvalue weighted by Gasteiger charge is 2.25. The molecule has 7 nitrogen and oxygen atoms in total. The molecule has 0 aliphatic heterocycles. The highest BCUT2D eigenvalue weighted by Crippen LogP contribution is 2.28. The number of hydrogen-bond donors (Lipinski definition) is 2. The van der Waals surface area contributed by atoms with Gasteiger partial charge in [0, 0.05) is 37.9 Å². The van der Waals surface area contributed by atoms with Gasteiger partial charge in [-0.15, -0.1) is 0 Å². The Balaban J connectivity index is 1.74. The lowest BCUT2D eigenvalue weighted by Gasteiger charge is -2.26. The van der Waals surface area contributed by atoms with Crippen LogP contribution in [0.2, 0.25) is 0 Å². The molecule has 34 heavy (non-hydrogen) atoms. The van der Waals surface area contributed by atoms with Crippen molar-refractivity contribution < 1.29 is 9.59 Å². The maximum Gasteiger partial charge on any atom is 0.257 e. The van der Waals surface area contributed by atoms with E-state index in [9.17, 15) is 14.4 Å². The predicted octanol–water partition coefficient (Wildman–Crippen LogP) is 3.94. The molecule has 3 aromatic rings. The van der Waals surface area contributed by atoms with E-state index in [4.69, 9.17) is 0 Å². The van der Waals surface area contributed by atoms with E-state index in [-0.39, 0.29) is 17.2 Å². The fraction of sp³-hybridized carbons (Fsp3) is 0.333. The summed E-state index contributed by atoms with van der Waals surface area (Å²) < 4.78 is 1.88. The zero-order valence-electron chi connectivity index (χ0n) is 19.6. The normalized spacial score (nSPS) is 14.9. The summed E-state index contributed by atoms with van der Waals surface area (Å²) in [4.78, 5) is 43.3.